The second-order valence-electron chi connectivity index (χ2n) is 5.07. The quantitative estimate of drug-likeness (QED) is 0.517. The molecule has 1 aromatic carbocycles. The Kier molecular flexibility index (Phi) is 7.10. The van der Waals surface area contributed by atoms with Gasteiger partial charge in [-0.3, -0.25) is 9.59 Å². The molecule has 0 amide bonds. The first-order valence-electron chi connectivity index (χ1n) is 7.38. The van der Waals surface area contributed by atoms with Crippen molar-refractivity contribution in [2.24, 2.45) is 0 Å². The number of ketones is 1. The Balaban J connectivity index is 1.74. The minimum absolute atomic E-state index is 0.114. The molecule has 1 aromatic heterocycles. The zero-order valence-corrected chi connectivity index (χ0v) is 15.0. The minimum atomic E-state index is -1.01. The second kappa shape index (κ2) is 9.30. The van der Waals surface area contributed by atoms with Crippen molar-refractivity contribution in [2.45, 2.75) is 24.2 Å². The van der Waals surface area contributed by atoms with E-state index < -0.39 is 24.3 Å². The van der Waals surface area contributed by atoms with Crippen molar-refractivity contribution >= 4 is 34.9 Å². The molecule has 130 valence electrons. The van der Waals surface area contributed by atoms with Crippen molar-refractivity contribution in [3.8, 4) is 6.07 Å². The largest absolute Gasteiger partial charge is 0.458 e. The molecule has 0 aliphatic rings. The molecule has 0 spiro atoms. The van der Waals surface area contributed by atoms with Gasteiger partial charge in [0.25, 0.3) is 0 Å². The highest BCUT2D eigenvalue weighted by Gasteiger charge is 2.24. The Hall–Kier alpha value is -2.24. The number of aryl methyl sites for hydroxylation is 1. The first-order chi connectivity index (χ1) is 12.0. The van der Waals surface area contributed by atoms with E-state index in [1.54, 1.807) is 24.4 Å². The number of thiazole rings is 1. The summed E-state index contributed by atoms with van der Waals surface area (Å²) in [6, 6.07) is 7.85. The highest BCUT2D eigenvalue weighted by atomic mass is 32.2. The van der Waals surface area contributed by atoms with Crippen LogP contribution in [0.5, 0.6) is 0 Å². The summed E-state index contributed by atoms with van der Waals surface area (Å²) < 4.78 is 17.7. The number of hydrogen-bond acceptors (Lipinski definition) is 7. The highest BCUT2D eigenvalue weighted by Crippen LogP contribution is 2.21. The van der Waals surface area contributed by atoms with Crippen LogP contribution in [-0.2, 0) is 14.3 Å². The molecule has 0 radical (unpaired) electrons. The van der Waals surface area contributed by atoms with E-state index in [0.29, 0.717) is 10.8 Å². The molecule has 8 heteroatoms. The summed E-state index contributed by atoms with van der Waals surface area (Å²) in [4.78, 5) is 28.7. The number of Topliss-reactive ketones (excluding diaryl/α,β-unsaturated/α-hetero) is 1. The van der Waals surface area contributed by atoms with Gasteiger partial charge in [-0.05, 0) is 31.2 Å². The SMILES string of the molecule is Cc1csc([C@@H](C#N)C(=O)COC(=O)CCSc2ccc(F)cc2)n1. The predicted molar refractivity (Wildman–Crippen MR) is 92.9 cm³/mol. The maximum Gasteiger partial charge on any atom is 0.307 e. The van der Waals surface area contributed by atoms with E-state index in [1.807, 2.05) is 6.07 Å². The summed E-state index contributed by atoms with van der Waals surface area (Å²) in [5, 5.41) is 11.3. The van der Waals surface area contributed by atoms with Crippen molar-refractivity contribution in [3.63, 3.8) is 0 Å². The van der Waals surface area contributed by atoms with Gasteiger partial charge in [0, 0.05) is 21.7 Å². The number of ether oxygens (including phenoxy) is 1. The Labute approximate surface area is 152 Å². The van der Waals surface area contributed by atoms with Crippen LogP contribution in [0.3, 0.4) is 0 Å². The van der Waals surface area contributed by atoms with Gasteiger partial charge < -0.3 is 4.74 Å². The van der Waals surface area contributed by atoms with Crippen LogP contribution in [0.2, 0.25) is 0 Å². The summed E-state index contributed by atoms with van der Waals surface area (Å²) in [5.74, 6) is -1.89. The van der Waals surface area contributed by atoms with E-state index in [0.717, 1.165) is 10.6 Å². The molecule has 0 fully saturated rings. The lowest BCUT2D eigenvalue weighted by Gasteiger charge is -2.07. The van der Waals surface area contributed by atoms with Gasteiger partial charge in [-0.15, -0.1) is 23.1 Å². The van der Waals surface area contributed by atoms with Gasteiger partial charge in [0.2, 0.25) is 0 Å². The van der Waals surface area contributed by atoms with Crippen LogP contribution in [0.1, 0.15) is 23.0 Å². The van der Waals surface area contributed by atoms with Crippen molar-refractivity contribution in [1.29, 1.82) is 5.26 Å². The molecule has 2 aromatic rings. The third-order valence-corrected chi connectivity index (χ3v) is 5.14. The molecule has 2 rings (SSSR count). The average Bonchev–Trinajstić information content (AvgIpc) is 3.01. The molecule has 1 heterocycles. The number of benzene rings is 1. The Morgan fingerprint density at radius 2 is 2.12 bits per heavy atom. The molecule has 0 saturated carbocycles. The maximum atomic E-state index is 12.8. The van der Waals surface area contributed by atoms with Crippen molar-refractivity contribution in [3.05, 3.63) is 46.2 Å². The van der Waals surface area contributed by atoms with Crippen LogP contribution in [-0.4, -0.2) is 29.1 Å². The first kappa shape index (κ1) is 19.1. The second-order valence-corrected chi connectivity index (χ2v) is 7.13. The molecule has 0 bridgehead atoms. The van der Waals surface area contributed by atoms with E-state index in [-0.39, 0.29) is 12.2 Å². The number of hydrogen-bond donors (Lipinski definition) is 0. The number of esters is 1. The molecule has 0 N–H and O–H groups in total. The van der Waals surface area contributed by atoms with Gasteiger partial charge in [-0.25, -0.2) is 9.37 Å². The fraction of sp³-hybridized carbons (Fsp3) is 0.294. The highest BCUT2D eigenvalue weighted by molar-refractivity contribution is 7.99. The number of thioether (sulfide) groups is 1. The van der Waals surface area contributed by atoms with Crippen LogP contribution in [0.25, 0.3) is 0 Å². The normalized spacial score (nSPS) is 11.6. The molecule has 0 aliphatic carbocycles. The third kappa shape index (κ3) is 5.96. The van der Waals surface area contributed by atoms with E-state index in [1.165, 1.54) is 35.2 Å². The summed E-state index contributed by atoms with van der Waals surface area (Å²) in [5.41, 5.74) is 0.739. The standard InChI is InChI=1S/C17H15FN2O3S2/c1-11-10-25-17(20-11)14(8-19)15(21)9-23-16(22)6-7-24-13-4-2-12(18)3-5-13/h2-5,10,14H,6-7,9H2,1H3/t14-/m0/s1. The zero-order valence-electron chi connectivity index (χ0n) is 13.4. The monoisotopic (exact) mass is 378 g/mol. The fourth-order valence-electron chi connectivity index (χ4n) is 1.86. The number of carbonyl (C=O) groups is 2. The average molecular weight is 378 g/mol. The molecule has 0 aliphatic heterocycles. The van der Waals surface area contributed by atoms with Gasteiger partial charge in [0.1, 0.15) is 10.8 Å². The van der Waals surface area contributed by atoms with Gasteiger partial charge in [0.15, 0.2) is 18.3 Å². The molecule has 5 nitrogen and oxygen atoms in total. The lowest BCUT2D eigenvalue weighted by molar-refractivity contribution is -0.147. The molecular weight excluding hydrogens is 363 g/mol. The molecule has 0 unspecified atom stereocenters. The van der Waals surface area contributed by atoms with Crippen molar-refractivity contribution < 1.29 is 18.7 Å². The molecule has 1 atom stereocenters. The molecular formula is C17H15FN2O3S2. The lowest BCUT2D eigenvalue weighted by atomic mass is 10.1. The topological polar surface area (TPSA) is 80.0 Å². The minimum Gasteiger partial charge on any atom is -0.458 e. The Morgan fingerprint density at radius 3 is 2.72 bits per heavy atom. The van der Waals surface area contributed by atoms with E-state index in [2.05, 4.69) is 4.98 Å². The third-order valence-electron chi connectivity index (χ3n) is 3.10. The lowest BCUT2D eigenvalue weighted by Crippen LogP contribution is -2.20. The summed E-state index contributed by atoms with van der Waals surface area (Å²) in [6.45, 7) is 1.33. The Morgan fingerprint density at radius 1 is 1.40 bits per heavy atom. The zero-order chi connectivity index (χ0) is 18.2. The van der Waals surface area contributed by atoms with Crippen LogP contribution in [0.4, 0.5) is 4.39 Å². The number of nitrogens with zero attached hydrogens (tertiary/aromatic N) is 2. The summed E-state index contributed by atoms with van der Waals surface area (Å²) in [7, 11) is 0. The van der Waals surface area contributed by atoms with E-state index in [9.17, 15) is 14.0 Å². The number of aromatic nitrogens is 1. The van der Waals surface area contributed by atoms with Gasteiger partial charge >= 0.3 is 5.97 Å². The smallest absolute Gasteiger partial charge is 0.307 e. The van der Waals surface area contributed by atoms with Gasteiger partial charge in [0.05, 0.1) is 12.5 Å². The van der Waals surface area contributed by atoms with Gasteiger partial charge in [-0.2, -0.15) is 5.26 Å². The van der Waals surface area contributed by atoms with E-state index >= 15 is 0 Å². The van der Waals surface area contributed by atoms with Crippen LogP contribution >= 0.6 is 23.1 Å². The van der Waals surface area contributed by atoms with E-state index in [4.69, 9.17) is 10.00 Å². The maximum absolute atomic E-state index is 12.8. The fourth-order valence-corrected chi connectivity index (χ4v) is 3.55. The first-order valence-corrected chi connectivity index (χ1v) is 9.24. The van der Waals surface area contributed by atoms with Crippen LogP contribution in [0, 0.1) is 24.1 Å². The van der Waals surface area contributed by atoms with Crippen LogP contribution in [0.15, 0.2) is 34.5 Å². The molecule has 25 heavy (non-hydrogen) atoms. The van der Waals surface area contributed by atoms with Crippen LogP contribution < -0.4 is 0 Å². The number of nitriles is 1. The summed E-state index contributed by atoms with van der Waals surface area (Å²) >= 11 is 2.62. The number of carbonyl (C=O) groups excluding carboxylic acids is 2. The summed E-state index contributed by atoms with van der Waals surface area (Å²) in [6.07, 6.45) is 0.114. The Bertz CT molecular complexity index is 784. The van der Waals surface area contributed by atoms with Gasteiger partial charge in [-0.1, -0.05) is 0 Å². The predicted octanol–water partition coefficient (Wildman–Crippen LogP) is 3.49. The number of halogens is 1. The van der Waals surface area contributed by atoms with Crippen molar-refractivity contribution in [2.75, 3.05) is 12.4 Å². The van der Waals surface area contributed by atoms with Crippen molar-refractivity contribution in [1.82, 2.24) is 4.98 Å². The number of rotatable bonds is 8. The molecule has 0 saturated heterocycles.